The number of rotatable bonds is 5. The van der Waals surface area contributed by atoms with Crippen molar-refractivity contribution < 1.29 is 0 Å². The summed E-state index contributed by atoms with van der Waals surface area (Å²) in [5.41, 5.74) is 3.92. The van der Waals surface area contributed by atoms with Crippen LogP contribution in [0.2, 0.25) is 0 Å². The van der Waals surface area contributed by atoms with Gasteiger partial charge in [0.1, 0.15) is 0 Å². The fourth-order valence-electron chi connectivity index (χ4n) is 2.33. The molecule has 1 nitrogen and oxygen atoms in total. The number of aryl methyl sites for hydroxylation is 1. The Labute approximate surface area is 110 Å². The first-order valence-electron chi connectivity index (χ1n) is 6.54. The third-order valence-corrected chi connectivity index (χ3v) is 3.53. The van der Waals surface area contributed by atoms with E-state index in [9.17, 15) is 0 Å². The molecule has 0 spiro atoms. The number of hydrogen-bond acceptors (Lipinski definition) is 1. The second-order valence-corrected chi connectivity index (χ2v) is 5.81. The first-order chi connectivity index (χ1) is 8.11. The Morgan fingerprint density at radius 1 is 1.35 bits per heavy atom. The Bertz CT molecular complexity index is 383. The SMILES string of the molecule is Cc1ccc(N(CC(C)C)C2CC2)c(CCl)c1. The highest BCUT2D eigenvalue weighted by molar-refractivity contribution is 6.17. The maximum atomic E-state index is 6.08. The Morgan fingerprint density at radius 3 is 2.59 bits per heavy atom. The molecular weight excluding hydrogens is 230 g/mol. The molecule has 0 bridgehead atoms. The van der Waals surface area contributed by atoms with Crippen molar-refractivity contribution in [3.63, 3.8) is 0 Å². The van der Waals surface area contributed by atoms with E-state index in [0.717, 1.165) is 12.6 Å². The number of benzene rings is 1. The quantitative estimate of drug-likeness (QED) is 0.703. The van der Waals surface area contributed by atoms with Crippen molar-refractivity contribution >= 4 is 17.3 Å². The molecule has 0 aromatic heterocycles. The van der Waals surface area contributed by atoms with E-state index in [0.29, 0.717) is 11.8 Å². The minimum absolute atomic E-state index is 0.609. The highest BCUT2D eigenvalue weighted by Crippen LogP contribution is 2.35. The van der Waals surface area contributed by atoms with Crippen molar-refractivity contribution in [1.82, 2.24) is 0 Å². The summed E-state index contributed by atoms with van der Waals surface area (Å²) in [4.78, 5) is 2.56. The summed E-state index contributed by atoms with van der Waals surface area (Å²) in [5, 5.41) is 0. The lowest BCUT2D eigenvalue weighted by atomic mass is 10.1. The van der Waals surface area contributed by atoms with Crippen LogP contribution in [0.5, 0.6) is 0 Å². The molecule has 0 aliphatic heterocycles. The largest absolute Gasteiger partial charge is 0.368 e. The van der Waals surface area contributed by atoms with Gasteiger partial charge in [0.15, 0.2) is 0 Å². The fraction of sp³-hybridized carbons (Fsp3) is 0.600. The Balaban J connectivity index is 2.28. The van der Waals surface area contributed by atoms with E-state index in [1.807, 2.05) is 0 Å². The van der Waals surface area contributed by atoms with Crippen LogP contribution in [0.3, 0.4) is 0 Å². The van der Waals surface area contributed by atoms with Crippen molar-refractivity contribution in [2.45, 2.75) is 45.5 Å². The van der Waals surface area contributed by atoms with Gasteiger partial charge in [-0.25, -0.2) is 0 Å². The van der Waals surface area contributed by atoms with Crippen LogP contribution in [0, 0.1) is 12.8 Å². The van der Waals surface area contributed by atoms with Crippen molar-refractivity contribution in [1.29, 1.82) is 0 Å². The highest BCUT2D eigenvalue weighted by Gasteiger charge is 2.30. The van der Waals surface area contributed by atoms with E-state index >= 15 is 0 Å². The van der Waals surface area contributed by atoms with Gasteiger partial charge in [-0.2, -0.15) is 0 Å². The average Bonchev–Trinajstić information content (AvgIpc) is 3.09. The molecule has 1 aliphatic rings. The molecule has 0 atom stereocenters. The van der Waals surface area contributed by atoms with Crippen LogP contribution in [0.25, 0.3) is 0 Å². The zero-order valence-electron chi connectivity index (χ0n) is 11.0. The number of anilines is 1. The summed E-state index contributed by atoms with van der Waals surface area (Å²) in [6, 6.07) is 7.41. The van der Waals surface area contributed by atoms with Crippen LogP contribution in [0.15, 0.2) is 18.2 Å². The molecule has 1 aromatic rings. The molecule has 0 saturated heterocycles. The van der Waals surface area contributed by atoms with E-state index in [1.54, 1.807) is 0 Å². The maximum absolute atomic E-state index is 6.08. The van der Waals surface area contributed by atoms with Gasteiger partial charge in [0, 0.05) is 24.2 Å². The Hall–Kier alpha value is -0.690. The van der Waals surface area contributed by atoms with Crippen LogP contribution < -0.4 is 4.90 Å². The third kappa shape index (κ3) is 3.16. The van der Waals surface area contributed by atoms with Gasteiger partial charge in [0.05, 0.1) is 0 Å². The summed E-state index contributed by atoms with van der Waals surface area (Å²) in [7, 11) is 0. The van der Waals surface area contributed by atoms with Gasteiger partial charge >= 0.3 is 0 Å². The second kappa shape index (κ2) is 5.30. The van der Waals surface area contributed by atoms with Crippen LogP contribution in [-0.2, 0) is 5.88 Å². The molecule has 0 heterocycles. The molecule has 94 valence electrons. The number of halogens is 1. The van der Waals surface area contributed by atoms with Crippen molar-refractivity contribution in [2.75, 3.05) is 11.4 Å². The molecule has 2 rings (SSSR count). The average molecular weight is 252 g/mol. The van der Waals surface area contributed by atoms with Crippen molar-refractivity contribution in [3.8, 4) is 0 Å². The van der Waals surface area contributed by atoms with Gasteiger partial charge in [0.2, 0.25) is 0 Å². The Kier molecular flexibility index (Phi) is 3.98. The standard InChI is InChI=1S/C15H22ClN/c1-11(2)10-17(14-5-6-14)15-7-4-12(3)8-13(15)9-16/h4,7-8,11,14H,5-6,9-10H2,1-3H3. The highest BCUT2D eigenvalue weighted by atomic mass is 35.5. The van der Waals surface area contributed by atoms with Gasteiger partial charge < -0.3 is 4.90 Å². The molecule has 17 heavy (non-hydrogen) atoms. The summed E-state index contributed by atoms with van der Waals surface area (Å²) in [6.45, 7) is 7.83. The molecule has 1 fully saturated rings. The van der Waals surface area contributed by atoms with Gasteiger partial charge in [-0.15, -0.1) is 11.6 Å². The van der Waals surface area contributed by atoms with Gasteiger partial charge in [-0.3, -0.25) is 0 Å². The van der Waals surface area contributed by atoms with E-state index in [2.05, 4.69) is 43.9 Å². The number of alkyl halides is 1. The second-order valence-electron chi connectivity index (χ2n) is 5.54. The summed E-state index contributed by atoms with van der Waals surface area (Å²) in [6.07, 6.45) is 2.67. The lowest BCUT2D eigenvalue weighted by molar-refractivity contribution is 0.606. The van der Waals surface area contributed by atoms with Gasteiger partial charge in [-0.05, 0) is 37.3 Å². The van der Waals surface area contributed by atoms with E-state index in [1.165, 1.54) is 29.7 Å². The molecule has 1 aliphatic carbocycles. The first kappa shape index (κ1) is 12.8. The monoisotopic (exact) mass is 251 g/mol. The number of hydrogen-bond donors (Lipinski definition) is 0. The molecular formula is C15H22ClN. The molecule has 0 N–H and O–H groups in total. The number of nitrogens with zero attached hydrogens (tertiary/aromatic N) is 1. The smallest absolute Gasteiger partial charge is 0.0494 e. The van der Waals surface area contributed by atoms with E-state index in [4.69, 9.17) is 11.6 Å². The summed E-state index contributed by atoms with van der Waals surface area (Å²) in [5.74, 6) is 1.30. The van der Waals surface area contributed by atoms with Crippen LogP contribution >= 0.6 is 11.6 Å². The van der Waals surface area contributed by atoms with E-state index in [-0.39, 0.29) is 0 Å². The van der Waals surface area contributed by atoms with Crippen molar-refractivity contribution in [2.24, 2.45) is 5.92 Å². The fourth-order valence-corrected chi connectivity index (χ4v) is 2.54. The lowest BCUT2D eigenvalue weighted by Gasteiger charge is -2.28. The van der Waals surface area contributed by atoms with E-state index < -0.39 is 0 Å². The Morgan fingerprint density at radius 2 is 2.06 bits per heavy atom. The third-order valence-electron chi connectivity index (χ3n) is 3.24. The minimum Gasteiger partial charge on any atom is -0.368 e. The minimum atomic E-state index is 0.609. The molecule has 2 heteroatoms. The summed E-state index contributed by atoms with van der Waals surface area (Å²) >= 11 is 6.08. The lowest BCUT2D eigenvalue weighted by Crippen LogP contribution is -2.30. The van der Waals surface area contributed by atoms with Crippen molar-refractivity contribution in [3.05, 3.63) is 29.3 Å². The molecule has 1 saturated carbocycles. The molecule has 1 aromatic carbocycles. The van der Waals surface area contributed by atoms with Gasteiger partial charge in [0.25, 0.3) is 0 Å². The predicted molar refractivity (Wildman–Crippen MR) is 75.9 cm³/mol. The maximum Gasteiger partial charge on any atom is 0.0494 e. The molecule has 0 amide bonds. The van der Waals surface area contributed by atoms with Crippen LogP contribution in [0.1, 0.15) is 37.8 Å². The predicted octanol–water partition coefficient (Wildman–Crippen LogP) is 4.36. The normalized spacial score (nSPS) is 15.4. The van der Waals surface area contributed by atoms with Crippen LogP contribution in [-0.4, -0.2) is 12.6 Å². The van der Waals surface area contributed by atoms with Gasteiger partial charge in [-0.1, -0.05) is 31.5 Å². The topological polar surface area (TPSA) is 3.24 Å². The summed E-state index contributed by atoms with van der Waals surface area (Å²) < 4.78 is 0. The van der Waals surface area contributed by atoms with Crippen LogP contribution in [0.4, 0.5) is 5.69 Å². The first-order valence-corrected chi connectivity index (χ1v) is 7.07. The zero-order chi connectivity index (χ0) is 12.4. The zero-order valence-corrected chi connectivity index (χ0v) is 11.8. The molecule has 0 unspecified atom stereocenters. The molecule has 0 radical (unpaired) electrons.